The monoisotopic (exact) mass is 305 g/mol. The first-order valence-corrected chi connectivity index (χ1v) is 8.40. The van der Waals surface area contributed by atoms with Crippen molar-refractivity contribution in [1.29, 1.82) is 0 Å². The molecular formula is C17H23NO4. The van der Waals surface area contributed by atoms with Crippen molar-refractivity contribution in [1.82, 2.24) is 4.90 Å². The lowest BCUT2D eigenvalue weighted by molar-refractivity contribution is -0.138. The first-order valence-electron chi connectivity index (χ1n) is 8.40. The van der Waals surface area contributed by atoms with E-state index in [1.54, 1.807) is 18.4 Å². The predicted octanol–water partition coefficient (Wildman–Crippen LogP) is 2.26. The number of aliphatic hydroxyl groups is 1. The molecule has 3 aliphatic heterocycles. The lowest BCUT2D eigenvalue weighted by atomic mass is 9.88. The lowest BCUT2D eigenvalue weighted by Crippen LogP contribution is -2.43. The second kappa shape index (κ2) is 5.70. The summed E-state index contributed by atoms with van der Waals surface area (Å²) in [5.74, 6) is 0.865. The van der Waals surface area contributed by atoms with Gasteiger partial charge in [-0.2, -0.15) is 0 Å². The molecule has 1 aromatic rings. The molecule has 5 nitrogen and oxygen atoms in total. The van der Waals surface area contributed by atoms with Crippen molar-refractivity contribution in [2.75, 3.05) is 6.54 Å². The van der Waals surface area contributed by atoms with E-state index >= 15 is 0 Å². The summed E-state index contributed by atoms with van der Waals surface area (Å²) in [5.41, 5.74) is 0. The van der Waals surface area contributed by atoms with Gasteiger partial charge in [0.25, 0.3) is 0 Å². The zero-order valence-corrected chi connectivity index (χ0v) is 12.7. The van der Waals surface area contributed by atoms with Crippen molar-refractivity contribution in [2.45, 2.75) is 62.9 Å². The molecule has 1 amide bonds. The Bertz CT molecular complexity index is 529. The van der Waals surface area contributed by atoms with E-state index in [2.05, 4.69) is 0 Å². The molecule has 3 aliphatic rings. The van der Waals surface area contributed by atoms with Crippen LogP contribution in [0, 0.1) is 5.92 Å². The number of likely N-dealkylation sites (tertiary alicyclic amines) is 1. The van der Waals surface area contributed by atoms with E-state index in [0.29, 0.717) is 18.3 Å². The predicted molar refractivity (Wildman–Crippen MR) is 79.0 cm³/mol. The molecule has 1 aromatic heterocycles. The summed E-state index contributed by atoms with van der Waals surface area (Å²) in [5, 5.41) is 10.3. The molecular weight excluding hydrogens is 282 g/mol. The van der Waals surface area contributed by atoms with Crippen molar-refractivity contribution in [3.8, 4) is 0 Å². The van der Waals surface area contributed by atoms with Gasteiger partial charge in [0, 0.05) is 19.0 Å². The molecule has 0 aliphatic carbocycles. The van der Waals surface area contributed by atoms with Crippen LogP contribution in [-0.4, -0.2) is 40.7 Å². The fraction of sp³-hybridized carbons (Fsp3) is 0.706. The maximum absolute atomic E-state index is 12.9. The van der Waals surface area contributed by atoms with E-state index < -0.39 is 6.10 Å². The second-order valence-corrected chi connectivity index (χ2v) is 6.81. The second-order valence-electron chi connectivity index (χ2n) is 6.81. The highest BCUT2D eigenvalue weighted by atomic mass is 16.5. The molecule has 0 spiro atoms. The van der Waals surface area contributed by atoms with Gasteiger partial charge in [0.1, 0.15) is 11.9 Å². The first kappa shape index (κ1) is 14.3. The molecule has 1 N–H and O–H groups in total. The lowest BCUT2D eigenvalue weighted by Gasteiger charge is -2.30. The summed E-state index contributed by atoms with van der Waals surface area (Å²) in [4.78, 5) is 14.8. The van der Waals surface area contributed by atoms with Gasteiger partial charge < -0.3 is 19.2 Å². The average Bonchev–Trinajstić information content (AvgIpc) is 3.28. The molecule has 2 bridgehead atoms. The highest BCUT2D eigenvalue weighted by molar-refractivity contribution is 5.80. The zero-order valence-electron chi connectivity index (χ0n) is 12.7. The number of nitrogens with zero attached hydrogens (tertiary/aromatic N) is 1. The summed E-state index contributed by atoms with van der Waals surface area (Å²) < 4.78 is 11.1. The minimum absolute atomic E-state index is 0.0418. The Labute approximate surface area is 130 Å². The molecule has 3 saturated heterocycles. The van der Waals surface area contributed by atoms with Gasteiger partial charge in [-0.1, -0.05) is 0 Å². The summed E-state index contributed by atoms with van der Waals surface area (Å²) in [7, 11) is 0. The number of amides is 1. The third-order valence-corrected chi connectivity index (χ3v) is 5.45. The van der Waals surface area contributed by atoms with Gasteiger partial charge in [-0.15, -0.1) is 0 Å². The van der Waals surface area contributed by atoms with Gasteiger partial charge in [-0.3, -0.25) is 4.79 Å². The highest BCUT2D eigenvalue weighted by Crippen LogP contribution is 2.41. The molecule has 4 rings (SSSR count). The molecule has 3 fully saturated rings. The van der Waals surface area contributed by atoms with Crippen molar-refractivity contribution in [3.05, 3.63) is 24.2 Å². The smallest absolute Gasteiger partial charge is 0.228 e. The van der Waals surface area contributed by atoms with Gasteiger partial charge in [0.15, 0.2) is 0 Å². The van der Waals surface area contributed by atoms with Crippen LogP contribution in [0.1, 0.15) is 50.4 Å². The molecule has 5 heteroatoms. The number of furan rings is 1. The molecule has 0 aromatic carbocycles. The summed E-state index contributed by atoms with van der Waals surface area (Å²) in [6, 6.07) is 3.69. The maximum atomic E-state index is 12.9. The summed E-state index contributed by atoms with van der Waals surface area (Å²) >= 11 is 0. The molecule has 120 valence electrons. The van der Waals surface area contributed by atoms with Crippen LogP contribution in [0.2, 0.25) is 0 Å². The molecule has 22 heavy (non-hydrogen) atoms. The Kier molecular flexibility index (Phi) is 3.70. The number of aliphatic hydroxyl groups excluding tert-OH is 1. The number of hydrogen-bond acceptors (Lipinski definition) is 4. The summed E-state index contributed by atoms with van der Waals surface area (Å²) in [6.07, 6.45) is 6.92. The first-order chi connectivity index (χ1) is 10.7. The third-order valence-electron chi connectivity index (χ3n) is 5.45. The zero-order chi connectivity index (χ0) is 15.1. The maximum Gasteiger partial charge on any atom is 0.228 e. The van der Waals surface area contributed by atoms with Gasteiger partial charge in [-0.25, -0.2) is 0 Å². The van der Waals surface area contributed by atoms with Crippen LogP contribution in [0.15, 0.2) is 22.8 Å². The van der Waals surface area contributed by atoms with Gasteiger partial charge >= 0.3 is 0 Å². The van der Waals surface area contributed by atoms with Crippen LogP contribution in [0.25, 0.3) is 0 Å². The van der Waals surface area contributed by atoms with Gasteiger partial charge in [-0.05, 0) is 44.2 Å². The number of ether oxygens (including phenoxy) is 1. The van der Waals surface area contributed by atoms with Gasteiger partial charge in [0.2, 0.25) is 5.91 Å². The number of carbonyl (C=O) groups is 1. The van der Waals surface area contributed by atoms with Gasteiger partial charge in [0.05, 0.1) is 24.4 Å². The third kappa shape index (κ3) is 2.46. The normalized spacial score (nSPS) is 35.2. The van der Waals surface area contributed by atoms with E-state index in [1.807, 2.05) is 4.90 Å². The SMILES string of the molecule is O=C(C1CC2CCC1O2)N1CCCC1CC(O)c1ccco1. The number of carbonyl (C=O) groups excluding carboxylic acids is 1. The van der Waals surface area contributed by atoms with E-state index in [4.69, 9.17) is 9.15 Å². The van der Waals surface area contributed by atoms with Crippen LogP contribution < -0.4 is 0 Å². The number of hydrogen-bond donors (Lipinski definition) is 1. The highest BCUT2D eigenvalue weighted by Gasteiger charge is 2.47. The number of fused-ring (bicyclic) bond motifs is 2. The molecule has 5 atom stereocenters. The number of rotatable bonds is 4. The standard InChI is InChI=1S/C17H23NO4/c19-14(16-4-2-8-21-16)9-11-3-1-7-18(11)17(20)13-10-12-5-6-15(13)22-12/h2,4,8,11-15,19H,1,3,5-7,9-10H2. The Hall–Kier alpha value is -1.33. The van der Waals surface area contributed by atoms with E-state index in [0.717, 1.165) is 38.6 Å². The Morgan fingerprint density at radius 2 is 2.32 bits per heavy atom. The van der Waals surface area contributed by atoms with E-state index in [-0.39, 0.29) is 24.0 Å². The van der Waals surface area contributed by atoms with Crippen LogP contribution in [-0.2, 0) is 9.53 Å². The topological polar surface area (TPSA) is 62.9 Å². The Balaban J connectivity index is 1.41. The fourth-order valence-corrected chi connectivity index (χ4v) is 4.34. The molecule has 5 unspecified atom stereocenters. The van der Waals surface area contributed by atoms with Crippen molar-refractivity contribution < 1.29 is 19.1 Å². The van der Waals surface area contributed by atoms with Crippen LogP contribution in [0.3, 0.4) is 0 Å². The minimum Gasteiger partial charge on any atom is -0.467 e. The fourth-order valence-electron chi connectivity index (χ4n) is 4.34. The van der Waals surface area contributed by atoms with Crippen molar-refractivity contribution >= 4 is 5.91 Å². The van der Waals surface area contributed by atoms with E-state index in [1.165, 1.54) is 0 Å². The largest absolute Gasteiger partial charge is 0.467 e. The van der Waals surface area contributed by atoms with Crippen molar-refractivity contribution in [3.63, 3.8) is 0 Å². The Morgan fingerprint density at radius 3 is 3.00 bits per heavy atom. The quantitative estimate of drug-likeness (QED) is 0.927. The van der Waals surface area contributed by atoms with Crippen molar-refractivity contribution in [2.24, 2.45) is 5.92 Å². The minimum atomic E-state index is -0.635. The Morgan fingerprint density at radius 1 is 1.41 bits per heavy atom. The summed E-state index contributed by atoms with van der Waals surface area (Å²) in [6.45, 7) is 0.808. The average molecular weight is 305 g/mol. The van der Waals surface area contributed by atoms with Crippen LogP contribution >= 0.6 is 0 Å². The van der Waals surface area contributed by atoms with E-state index in [9.17, 15) is 9.90 Å². The molecule has 4 heterocycles. The van der Waals surface area contributed by atoms with Crippen LogP contribution in [0.5, 0.6) is 0 Å². The molecule has 0 saturated carbocycles. The van der Waals surface area contributed by atoms with Crippen LogP contribution in [0.4, 0.5) is 0 Å². The molecule has 0 radical (unpaired) electrons.